The van der Waals surface area contributed by atoms with Crippen LogP contribution in [0.1, 0.15) is 0 Å². The first-order valence-electron chi connectivity index (χ1n) is 5.63. The second-order valence-corrected chi connectivity index (χ2v) is 6.91. The molecule has 1 aromatic heterocycles. The number of rotatable bonds is 7. The second-order valence-electron chi connectivity index (χ2n) is 3.70. The molecule has 0 atom stereocenters. The summed E-state index contributed by atoms with van der Waals surface area (Å²) < 4.78 is 25.7. The van der Waals surface area contributed by atoms with Crippen LogP contribution in [-0.2, 0) is 10.0 Å². The van der Waals surface area contributed by atoms with E-state index in [1.54, 1.807) is 23.6 Å². The third-order valence-electron chi connectivity index (χ3n) is 2.28. The highest BCUT2D eigenvalue weighted by atomic mass is 127. The number of nitrogens with zero attached hydrogens (tertiary/aromatic N) is 2. The largest absolute Gasteiger partial charge is 0.370 e. The van der Waals surface area contributed by atoms with Crippen LogP contribution in [0.5, 0.6) is 0 Å². The lowest BCUT2D eigenvalue weighted by Crippen LogP contribution is -2.33. The SMILES string of the molecule is C=CCNC(N)=NCCN(C)S(=O)(=O)c1cccs1.I. The Bertz CT molecular complexity index is 529. The Balaban J connectivity index is 0.00000361. The van der Waals surface area contributed by atoms with Gasteiger partial charge in [-0.05, 0) is 11.4 Å². The van der Waals surface area contributed by atoms with Crippen molar-refractivity contribution in [1.29, 1.82) is 0 Å². The number of thiophene rings is 1. The number of guanidine groups is 1. The number of nitrogens with one attached hydrogen (secondary N) is 1. The van der Waals surface area contributed by atoms with Gasteiger partial charge in [0.05, 0.1) is 6.54 Å². The van der Waals surface area contributed by atoms with Crippen LogP contribution in [0.15, 0.2) is 39.4 Å². The number of nitrogens with two attached hydrogens (primary N) is 1. The predicted octanol–water partition coefficient (Wildman–Crippen LogP) is 1.08. The number of halogens is 1. The molecule has 0 spiro atoms. The number of aliphatic imine (C=N–C) groups is 1. The van der Waals surface area contributed by atoms with Gasteiger partial charge in [-0.2, -0.15) is 4.31 Å². The summed E-state index contributed by atoms with van der Waals surface area (Å²) in [6.07, 6.45) is 1.66. The van der Waals surface area contributed by atoms with Gasteiger partial charge < -0.3 is 11.1 Å². The zero-order valence-electron chi connectivity index (χ0n) is 11.2. The molecule has 0 saturated carbocycles. The van der Waals surface area contributed by atoms with Crippen LogP contribution in [0.25, 0.3) is 0 Å². The summed E-state index contributed by atoms with van der Waals surface area (Å²) in [5.41, 5.74) is 5.57. The van der Waals surface area contributed by atoms with Gasteiger partial charge in [-0.3, -0.25) is 4.99 Å². The van der Waals surface area contributed by atoms with Crippen molar-refractivity contribution in [3.63, 3.8) is 0 Å². The topological polar surface area (TPSA) is 87.8 Å². The van der Waals surface area contributed by atoms with Crippen LogP contribution in [-0.4, -0.2) is 45.4 Å². The zero-order chi connectivity index (χ0) is 14.3. The van der Waals surface area contributed by atoms with Gasteiger partial charge in [0.1, 0.15) is 4.21 Å². The van der Waals surface area contributed by atoms with Crippen LogP contribution < -0.4 is 11.1 Å². The smallest absolute Gasteiger partial charge is 0.252 e. The Morgan fingerprint density at radius 3 is 2.90 bits per heavy atom. The van der Waals surface area contributed by atoms with E-state index >= 15 is 0 Å². The van der Waals surface area contributed by atoms with E-state index in [9.17, 15) is 8.42 Å². The van der Waals surface area contributed by atoms with E-state index in [2.05, 4.69) is 16.9 Å². The van der Waals surface area contributed by atoms with Crippen molar-refractivity contribution in [3.8, 4) is 0 Å². The van der Waals surface area contributed by atoms with Crippen LogP contribution >= 0.6 is 35.3 Å². The molecule has 1 heterocycles. The summed E-state index contributed by atoms with van der Waals surface area (Å²) in [4.78, 5) is 4.03. The Morgan fingerprint density at radius 1 is 1.65 bits per heavy atom. The minimum Gasteiger partial charge on any atom is -0.370 e. The lowest BCUT2D eigenvalue weighted by atomic mass is 10.6. The van der Waals surface area contributed by atoms with E-state index in [-0.39, 0.29) is 36.5 Å². The molecule has 9 heteroatoms. The van der Waals surface area contributed by atoms with Gasteiger partial charge in [0.15, 0.2) is 5.96 Å². The van der Waals surface area contributed by atoms with Gasteiger partial charge in [-0.1, -0.05) is 12.1 Å². The third kappa shape index (κ3) is 5.77. The summed E-state index contributed by atoms with van der Waals surface area (Å²) in [5.74, 6) is 0.279. The Morgan fingerprint density at radius 2 is 2.35 bits per heavy atom. The van der Waals surface area contributed by atoms with Crippen molar-refractivity contribution < 1.29 is 8.42 Å². The normalized spacial score (nSPS) is 12.0. The Hall–Kier alpha value is -0.650. The molecule has 0 aliphatic heterocycles. The number of sulfonamides is 1. The van der Waals surface area contributed by atoms with Crippen molar-refractivity contribution in [2.45, 2.75) is 4.21 Å². The minimum atomic E-state index is -3.41. The van der Waals surface area contributed by atoms with Crippen molar-refractivity contribution in [2.24, 2.45) is 10.7 Å². The summed E-state index contributed by atoms with van der Waals surface area (Å²) in [5, 5.41) is 4.55. The quantitative estimate of drug-likeness (QED) is 0.293. The van der Waals surface area contributed by atoms with E-state index in [1.165, 1.54) is 22.7 Å². The molecule has 1 aromatic rings. The number of hydrogen-bond donors (Lipinski definition) is 2. The highest BCUT2D eigenvalue weighted by Gasteiger charge is 2.20. The van der Waals surface area contributed by atoms with E-state index < -0.39 is 10.0 Å². The monoisotopic (exact) mass is 430 g/mol. The molecular weight excluding hydrogens is 411 g/mol. The summed E-state index contributed by atoms with van der Waals surface area (Å²) >= 11 is 1.20. The lowest BCUT2D eigenvalue weighted by Gasteiger charge is -2.14. The number of hydrogen-bond acceptors (Lipinski definition) is 4. The first-order chi connectivity index (χ1) is 8.98. The second kappa shape index (κ2) is 9.32. The summed E-state index contributed by atoms with van der Waals surface area (Å²) in [6, 6.07) is 3.29. The molecule has 0 aliphatic rings. The molecule has 20 heavy (non-hydrogen) atoms. The average Bonchev–Trinajstić information content (AvgIpc) is 2.90. The van der Waals surface area contributed by atoms with E-state index in [4.69, 9.17) is 5.73 Å². The molecule has 0 fully saturated rings. The van der Waals surface area contributed by atoms with Crippen molar-refractivity contribution in [2.75, 3.05) is 26.7 Å². The molecule has 0 amide bonds. The first kappa shape index (κ1) is 19.4. The molecule has 3 N–H and O–H groups in total. The van der Waals surface area contributed by atoms with Gasteiger partial charge in [-0.25, -0.2) is 8.42 Å². The predicted molar refractivity (Wildman–Crippen MR) is 94.2 cm³/mol. The molecule has 1 rings (SSSR count). The Kier molecular flexibility index (Phi) is 9.01. The highest BCUT2D eigenvalue weighted by molar-refractivity contribution is 14.0. The molecule has 114 valence electrons. The Labute approximate surface area is 140 Å². The summed E-state index contributed by atoms with van der Waals surface area (Å²) in [6.45, 7) is 4.65. The fourth-order valence-electron chi connectivity index (χ4n) is 1.23. The third-order valence-corrected chi connectivity index (χ3v) is 5.51. The van der Waals surface area contributed by atoms with Gasteiger partial charge in [0.2, 0.25) is 0 Å². The molecule has 0 radical (unpaired) electrons. The fourth-order valence-corrected chi connectivity index (χ4v) is 3.59. The highest BCUT2D eigenvalue weighted by Crippen LogP contribution is 2.19. The van der Waals surface area contributed by atoms with Crippen LogP contribution in [0.3, 0.4) is 0 Å². The average molecular weight is 430 g/mol. The van der Waals surface area contributed by atoms with Gasteiger partial charge in [-0.15, -0.1) is 41.9 Å². The van der Waals surface area contributed by atoms with Crippen molar-refractivity contribution in [3.05, 3.63) is 30.2 Å². The van der Waals surface area contributed by atoms with Crippen molar-refractivity contribution in [1.82, 2.24) is 9.62 Å². The maximum absolute atomic E-state index is 12.1. The molecule has 0 aromatic carbocycles. The molecule has 0 aliphatic carbocycles. The van der Waals surface area contributed by atoms with Gasteiger partial charge >= 0.3 is 0 Å². The standard InChI is InChI=1S/C11H18N4O2S2.HI/c1-3-6-13-11(12)14-7-8-15(2)19(16,17)10-5-4-9-18-10;/h3-5,9H,1,6-8H2,2H3,(H3,12,13,14);1H. The lowest BCUT2D eigenvalue weighted by molar-refractivity contribution is 0.478. The maximum atomic E-state index is 12.1. The van der Waals surface area contributed by atoms with Crippen LogP contribution in [0.4, 0.5) is 0 Å². The zero-order valence-corrected chi connectivity index (χ0v) is 15.1. The molecule has 0 bridgehead atoms. The summed E-state index contributed by atoms with van der Waals surface area (Å²) in [7, 11) is -1.88. The maximum Gasteiger partial charge on any atom is 0.252 e. The van der Waals surface area contributed by atoms with Crippen molar-refractivity contribution >= 4 is 51.3 Å². The molecular formula is C11H19IN4O2S2. The minimum absolute atomic E-state index is 0. The van der Waals surface area contributed by atoms with Gasteiger partial charge in [0, 0.05) is 20.1 Å². The fraction of sp³-hybridized carbons (Fsp3) is 0.364. The molecule has 6 nitrogen and oxygen atoms in total. The van der Waals surface area contributed by atoms with E-state index in [0.29, 0.717) is 17.3 Å². The van der Waals surface area contributed by atoms with Crippen LogP contribution in [0.2, 0.25) is 0 Å². The molecule has 0 saturated heterocycles. The van der Waals surface area contributed by atoms with Crippen LogP contribution in [0, 0.1) is 0 Å². The van der Waals surface area contributed by atoms with E-state index in [1.807, 2.05) is 0 Å². The number of likely N-dealkylation sites (N-methyl/N-ethyl adjacent to an activating group) is 1. The molecule has 0 unspecified atom stereocenters. The van der Waals surface area contributed by atoms with Gasteiger partial charge in [0.25, 0.3) is 10.0 Å². The first-order valence-corrected chi connectivity index (χ1v) is 7.95. The van der Waals surface area contributed by atoms with E-state index in [0.717, 1.165) is 0 Å².